The lowest BCUT2D eigenvalue weighted by Gasteiger charge is -2.20. The molecule has 0 saturated carbocycles. The summed E-state index contributed by atoms with van der Waals surface area (Å²) in [5.74, 6) is 0. The van der Waals surface area contributed by atoms with Gasteiger partial charge >= 0.3 is 0 Å². The van der Waals surface area contributed by atoms with Gasteiger partial charge in [0.1, 0.15) is 11.2 Å². The zero-order valence-electron chi connectivity index (χ0n) is 35.4. The van der Waals surface area contributed by atoms with Crippen LogP contribution in [-0.4, -0.2) is 0 Å². The van der Waals surface area contributed by atoms with E-state index in [0.29, 0.717) is 49.4 Å². The molecule has 1 heteroatoms. The second-order valence-corrected chi connectivity index (χ2v) is 10.2. The van der Waals surface area contributed by atoms with Crippen LogP contribution in [0.1, 0.15) is 17.8 Å². The molecule has 0 bridgehead atoms. The molecule has 0 unspecified atom stereocenters. The standard InChI is InChI=1S/C42H26O/c1-2-13-28(14-3-1)31-24-25-38-41(36-20-10-11-21-37(36)43-38)42(31)40-34-18-8-6-16-32(34)39(33-17-7-9-19-35(33)40)30-23-22-27-12-4-5-15-29(27)26-30/h1-26H/i4D,5D,10D,11D,12D,15D,20D,21D,22D,23D,24D,25D,26D. The van der Waals surface area contributed by atoms with E-state index in [0.717, 1.165) is 0 Å². The first-order valence-electron chi connectivity index (χ1n) is 20.2. The van der Waals surface area contributed by atoms with Gasteiger partial charge in [0.25, 0.3) is 0 Å². The minimum absolute atomic E-state index is 0.00882. The summed E-state index contributed by atoms with van der Waals surface area (Å²) in [6.07, 6.45) is 0. The normalized spacial score (nSPS) is 16.0. The van der Waals surface area contributed by atoms with Crippen LogP contribution in [0.2, 0.25) is 0 Å². The molecule has 0 aliphatic rings. The second-order valence-electron chi connectivity index (χ2n) is 10.2. The summed E-state index contributed by atoms with van der Waals surface area (Å²) in [5.41, 5.74) is 1.91. The average Bonchev–Trinajstić information content (AvgIpc) is 3.61. The minimum atomic E-state index is -0.563. The number of para-hydroxylation sites is 1. The Morgan fingerprint density at radius 1 is 0.419 bits per heavy atom. The van der Waals surface area contributed by atoms with Crippen molar-refractivity contribution >= 4 is 54.3 Å². The molecule has 1 nitrogen and oxygen atoms in total. The third-order valence-electron chi connectivity index (χ3n) is 7.88. The molecule has 1 aromatic heterocycles. The van der Waals surface area contributed by atoms with Gasteiger partial charge in [-0.25, -0.2) is 0 Å². The predicted octanol–water partition coefficient (Wildman–Crippen LogP) is 12.0. The molecule has 0 N–H and O–H groups in total. The van der Waals surface area contributed by atoms with E-state index in [-0.39, 0.29) is 62.4 Å². The summed E-state index contributed by atoms with van der Waals surface area (Å²) in [6.45, 7) is 0. The largest absolute Gasteiger partial charge is 0.456 e. The fraction of sp³-hybridized carbons (Fsp3) is 0. The summed E-state index contributed by atoms with van der Waals surface area (Å²) < 4.78 is 121. The van der Waals surface area contributed by atoms with Gasteiger partial charge in [0.05, 0.1) is 17.8 Å². The van der Waals surface area contributed by atoms with Crippen molar-refractivity contribution in [2.24, 2.45) is 0 Å². The van der Waals surface area contributed by atoms with Gasteiger partial charge in [0.2, 0.25) is 0 Å². The molecular formula is C42H26O. The summed E-state index contributed by atoms with van der Waals surface area (Å²) in [5, 5.41) is 1.98. The molecule has 0 aliphatic carbocycles. The van der Waals surface area contributed by atoms with Crippen LogP contribution in [0.3, 0.4) is 0 Å². The van der Waals surface area contributed by atoms with Crippen molar-refractivity contribution in [3.8, 4) is 33.4 Å². The first-order valence-corrected chi connectivity index (χ1v) is 13.7. The van der Waals surface area contributed by atoms with Gasteiger partial charge in [0, 0.05) is 16.3 Å². The minimum Gasteiger partial charge on any atom is -0.456 e. The summed E-state index contributed by atoms with van der Waals surface area (Å²) in [6, 6.07) is 17.7. The van der Waals surface area contributed by atoms with Crippen molar-refractivity contribution in [1.82, 2.24) is 0 Å². The van der Waals surface area contributed by atoms with Crippen molar-refractivity contribution in [1.29, 1.82) is 0 Å². The number of benzene rings is 8. The van der Waals surface area contributed by atoms with Gasteiger partial charge in [-0.15, -0.1) is 0 Å². The highest BCUT2D eigenvalue weighted by Gasteiger charge is 2.23. The molecule has 8 aromatic carbocycles. The maximum Gasteiger partial charge on any atom is 0.136 e. The van der Waals surface area contributed by atoms with E-state index in [4.69, 9.17) is 16.8 Å². The molecule has 0 spiro atoms. The average molecular weight is 560 g/mol. The number of hydrogen-bond acceptors (Lipinski definition) is 1. The van der Waals surface area contributed by atoms with E-state index in [1.54, 1.807) is 60.7 Å². The Bertz CT molecular complexity index is 3170. The third-order valence-corrected chi connectivity index (χ3v) is 7.88. The zero-order chi connectivity index (χ0) is 39.6. The number of furan rings is 1. The molecule has 9 aromatic rings. The van der Waals surface area contributed by atoms with Crippen LogP contribution in [0.4, 0.5) is 0 Å². The van der Waals surface area contributed by atoms with Crippen molar-refractivity contribution < 1.29 is 22.2 Å². The highest BCUT2D eigenvalue weighted by molar-refractivity contribution is 6.27. The lowest BCUT2D eigenvalue weighted by atomic mass is 9.82. The molecular weight excluding hydrogens is 520 g/mol. The maximum absolute atomic E-state index is 9.46. The molecule has 0 saturated heterocycles. The molecule has 200 valence electrons. The van der Waals surface area contributed by atoms with Gasteiger partial charge < -0.3 is 4.42 Å². The molecule has 43 heavy (non-hydrogen) atoms. The quantitative estimate of drug-likeness (QED) is 0.196. The van der Waals surface area contributed by atoms with Crippen LogP contribution >= 0.6 is 0 Å². The highest BCUT2D eigenvalue weighted by atomic mass is 16.3. The number of hydrogen-bond donors (Lipinski definition) is 0. The Morgan fingerprint density at radius 3 is 1.79 bits per heavy atom. The monoisotopic (exact) mass is 559 g/mol. The highest BCUT2D eigenvalue weighted by Crippen LogP contribution is 2.50. The van der Waals surface area contributed by atoms with Crippen molar-refractivity contribution in [3.63, 3.8) is 0 Å². The summed E-state index contributed by atoms with van der Waals surface area (Å²) in [7, 11) is 0. The Kier molecular flexibility index (Phi) is 3.18. The first kappa shape index (κ1) is 14.5. The lowest BCUT2D eigenvalue weighted by molar-refractivity contribution is 0.669. The Labute approximate surface area is 267 Å². The maximum atomic E-state index is 9.46. The molecule has 1 heterocycles. The van der Waals surface area contributed by atoms with Crippen LogP contribution in [0.25, 0.3) is 87.6 Å². The van der Waals surface area contributed by atoms with Crippen molar-refractivity contribution in [2.75, 3.05) is 0 Å². The van der Waals surface area contributed by atoms with Gasteiger partial charge in [-0.2, -0.15) is 0 Å². The second kappa shape index (κ2) is 9.44. The van der Waals surface area contributed by atoms with E-state index in [2.05, 4.69) is 0 Å². The van der Waals surface area contributed by atoms with Crippen molar-refractivity contribution in [2.45, 2.75) is 0 Å². The molecule has 0 amide bonds. The fourth-order valence-electron chi connectivity index (χ4n) is 6.10. The SMILES string of the molecule is [2H]c1c([2H])c([2H])c2c(oc3c([2H])c([2H])c(-c4ccccc4)c(-c4c5ccccc5c(-c5c([2H])c([2H])c6c([2H])c([2H])c([2H])c([2H])c6c5[2H])c5ccccc45)c32)c1[2H]. The number of fused-ring (bicyclic) bond motifs is 6. The lowest BCUT2D eigenvalue weighted by Crippen LogP contribution is -1.93. The van der Waals surface area contributed by atoms with Crippen LogP contribution in [0.15, 0.2) is 162 Å². The smallest absolute Gasteiger partial charge is 0.136 e. The molecule has 0 aliphatic heterocycles. The van der Waals surface area contributed by atoms with E-state index in [1.807, 2.05) is 18.2 Å². The summed E-state index contributed by atoms with van der Waals surface area (Å²) in [4.78, 5) is 0. The van der Waals surface area contributed by atoms with Crippen LogP contribution in [0.5, 0.6) is 0 Å². The first-order chi connectivity index (χ1) is 26.8. The van der Waals surface area contributed by atoms with Gasteiger partial charge in [0.15, 0.2) is 0 Å². The Morgan fingerprint density at radius 2 is 1.05 bits per heavy atom. The molecule has 0 fully saturated rings. The van der Waals surface area contributed by atoms with Gasteiger partial charge in [-0.05, 0) is 78.3 Å². The fourth-order valence-corrected chi connectivity index (χ4v) is 6.10. The van der Waals surface area contributed by atoms with Gasteiger partial charge in [-0.1, -0.05) is 139 Å². The third kappa shape index (κ3) is 3.65. The Balaban J connectivity index is 1.56. The summed E-state index contributed by atoms with van der Waals surface area (Å²) >= 11 is 0. The van der Waals surface area contributed by atoms with E-state index in [9.17, 15) is 5.48 Å². The molecule has 9 rings (SSSR count). The van der Waals surface area contributed by atoms with E-state index in [1.165, 1.54) is 0 Å². The van der Waals surface area contributed by atoms with E-state index < -0.39 is 54.4 Å². The predicted molar refractivity (Wildman–Crippen MR) is 183 cm³/mol. The molecule has 0 atom stereocenters. The van der Waals surface area contributed by atoms with Crippen LogP contribution in [-0.2, 0) is 0 Å². The zero-order valence-corrected chi connectivity index (χ0v) is 22.4. The van der Waals surface area contributed by atoms with Crippen molar-refractivity contribution in [3.05, 3.63) is 157 Å². The Hall–Kier alpha value is -5.66. The van der Waals surface area contributed by atoms with E-state index >= 15 is 0 Å². The topological polar surface area (TPSA) is 13.1 Å². The molecule has 0 radical (unpaired) electrons. The number of rotatable bonds is 3. The van der Waals surface area contributed by atoms with Gasteiger partial charge in [-0.3, -0.25) is 0 Å². The van der Waals surface area contributed by atoms with Crippen LogP contribution < -0.4 is 0 Å². The van der Waals surface area contributed by atoms with Crippen LogP contribution in [0, 0.1) is 0 Å².